The van der Waals surface area contributed by atoms with E-state index in [0.717, 1.165) is 22.0 Å². The number of nitrogens with zero attached hydrogens (tertiary/aromatic N) is 3. The predicted octanol–water partition coefficient (Wildman–Crippen LogP) is 2.72. The fourth-order valence-electron chi connectivity index (χ4n) is 5.51. The highest BCUT2D eigenvalue weighted by atomic mass is 16.2. The molecule has 1 fully saturated rings. The van der Waals surface area contributed by atoms with Crippen molar-refractivity contribution in [2.75, 3.05) is 34.2 Å². The van der Waals surface area contributed by atoms with Crippen LogP contribution in [0.5, 0.6) is 0 Å². The van der Waals surface area contributed by atoms with Gasteiger partial charge in [-0.1, -0.05) is 48.5 Å². The minimum Gasteiger partial charge on any atom is -0.361 e. The normalized spacial score (nSPS) is 18.5. The molecule has 0 aliphatic carbocycles. The van der Waals surface area contributed by atoms with E-state index in [9.17, 15) is 14.4 Å². The third-order valence-corrected chi connectivity index (χ3v) is 7.91. The number of carbonyl (C=O) groups excluding carboxylic acids is 3. The number of amides is 3. The average molecular weight is 547 g/mol. The number of carbonyl (C=O) groups is 3. The highest BCUT2D eigenvalue weighted by molar-refractivity contribution is 5.93. The van der Waals surface area contributed by atoms with Gasteiger partial charge in [0.1, 0.15) is 6.04 Å². The first-order valence-corrected chi connectivity index (χ1v) is 13.8. The van der Waals surface area contributed by atoms with Crippen molar-refractivity contribution in [3.8, 4) is 0 Å². The lowest BCUT2D eigenvalue weighted by Gasteiger charge is -2.45. The number of nitrogens with two attached hydrogens (primary N) is 1. The van der Waals surface area contributed by atoms with Crippen molar-refractivity contribution < 1.29 is 14.4 Å². The van der Waals surface area contributed by atoms with E-state index in [1.807, 2.05) is 74.9 Å². The van der Waals surface area contributed by atoms with Gasteiger partial charge in [0.05, 0.1) is 11.0 Å². The summed E-state index contributed by atoms with van der Waals surface area (Å²) in [6.45, 7) is 4.03. The lowest BCUT2D eigenvalue weighted by atomic mass is 9.74. The number of hydrogen-bond donors (Lipinski definition) is 3. The van der Waals surface area contributed by atoms with Gasteiger partial charge in [0.15, 0.2) is 0 Å². The maximum atomic E-state index is 14.2. The number of piperidine rings is 1. The Labute approximate surface area is 236 Å². The van der Waals surface area contributed by atoms with E-state index in [-0.39, 0.29) is 18.4 Å². The van der Waals surface area contributed by atoms with Gasteiger partial charge in [0.25, 0.3) is 0 Å². The van der Waals surface area contributed by atoms with Gasteiger partial charge in [0.2, 0.25) is 17.7 Å². The number of H-pyrrole nitrogens is 1. The Bertz CT molecular complexity index is 1350. The second-order valence-electron chi connectivity index (χ2n) is 11.8. The maximum absolute atomic E-state index is 14.2. The van der Waals surface area contributed by atoms with Gasteiger partial charge in [-0.3, -0.25) is 19.4 Å². The Kier molecular flexibility index (Phi) is 8.65. The zero-order valence-electron chi connectivity index (χ0n) is 24.2. The van der Waals surface area contributed by atoms with E-state index >= 15 is 0 Å². The molecule has 9 heteroatoms. The monoisotopic (exact) mass is 546 g/mol. The van der Waals surface area contributed by atoms with Crippen LogP contribution in [0.3, 0.4) is 0 Å². The number of nitrogens with one attached hydrogen (secondary N) is 2. The number of likely N-dealkylation sites (tertiary alicyclic amines) is 1. The van der Waals surface area contributed by atoms with Crippen LogP contribution in [0.15, 0.2) is 60.8 Å². The SMILES string of the molecule is CN(C)N(C)C(=O)[C@@]1(Cc2ccccc2)CCCN(C(=O)[C@@H](Cc2c[nH]c3ccccc23)NC(=O)C(C)(C)N)C1. The van der Waals surface area contributed by atoms with E-state index in [1.165, 1.54) is 0 Å². The Balaban J connectivity index is 1.66. The van der Waals surface area contributed by atoms with Crippen LogP contribution in [0, 0.1) is 5.41 Å². The number of para-hydroxylation sites is 1. The van der Waals surface area contributed by atoms with Crippen molar-refractivity contribution in [2.45, 2.75) is 51.1 Å². The second-order valence-corrected chi connectivity index (χ2v) is 11.8. The van der Waals surface area contributed by atoms with Gasteiger partial charge in [-0.05, 0) is 50.3 Å². The molecule has 3 amide bonds. The Hall–Kier alpha value is -3.69. The zero-order chi connectivity index (χ0) is 29.1. The molecule has 9 nitrogen and oxygen atoms in total. The third-order valence-electron chi connectivity index (χ3n) is 7.91. The molecule has 0 spiro atoms. The second kappa shape index (κ2) is 11.8. The molecule has 1 aliphatic heterocycles. The van der Waals surface area contributed by atoms with E-state index in [0.29, 0.717) is 32.2 Å². The maximum Gasteiger partial charge on any atom is 0.245 e. The van der Waals surface area contributed by atoms with E-state index in [2.05, 4.69) is 10.3 Å². The van der Waals surface area contributed by atoms with Crippen LogP contribution in [-0.2, 0) is 27.2 Å². The van der Waals surface area contributed by atoms with Crippen molar-refractivity contribution in [1.29, 1.82) is 0 Å². The van der Waals surface area contributed by atoms with Crippen molar-refractivity contribution in [3.63, 3.8) is 0 Å². The summed E-state index contributed by atoms with van der Waals surface area (Å²) in [6.07, 6.45) is 4.05. The Morgan fingerprint density at radius 1 is 1.07 bits per heavy atom. The summed E-state index contributed by atoms with van der Waals surface area (Å²) >= 11 is 0. The molecule has 40 heavy (non-hydrogen) atoms. The number of aromatic amines is 1. The third kappa shape index (κ3) is 6.37. The molecule has 214 valence electrons. The molecule has 3 aromatic rings. The molecule has 4 rings (SSSR count). The number of hydrogen-bond acceptors (Lipinski definition) is 5. The van der Waals surface area contributed by atoms with Gasteiger partial charge < -0.3 is 20.9 Å². The molecule has 0 unspecified atom stereocenters. The molecular weight excluding hydrogens is 504 g/mol. The highest BCUT2D eigenvalue weighted by Crippen LogP contribution is 2.36. The molecular formula is C31H42N6O3. The van der Waals surface area contributed by atoms with Gasteiger partial charge in [-0.2, -0.15) is 0 Å². The van der Waals surface area contributed by atoms with E-state index < -0.39 is 22.9 Å². The van der Waals surface area contributed by atoms with Crippen LogP contribution in [0.4, 0.5) is 0 Å². The van der Waals surface area contributed by atoms with Crippen molar-refractivity contribution in [2.24, 2.45) is 11.1 Å². The first-order valence-electron chi connectivity index (χ1n) is 13.8. The molecule has 4 N–H and O–H groups in total. The summed E-state index contributed by atoms with van der Waals surface area (Å²) in [4.78, 5) is 46.2. The number of fused-ring (bicyclic) bond motifs is 1. The van der Waals surface area contributed by atoms with Crippen molar-refractivity contribution >= 4 is 28.6 Å². The fourth-order valence-corrected chi connectivity index (χ4v) is 5.51. The Morgan fingerprint density at radius 2 is 1.75 bits per heavy atom. The van der Waals surface area contributed by atoms with Crippen LogP contribution in [0.1, 0.15) is 37.8 Å². The Morgan fingerprint density at radius 3 is 2.42 bits per heavy atom. The number of hydrazine groups is 1. The van der Waals surface area contributed by atoms with E-state index in [4.69, 9.17) is 5.73 Å². The van der Waals surface area contributed by atoms with Crippen LogP contribution < -0.4 is 11.1 Å². The lowest BCUT2D eigenvalue weighted by Crippen LogP contribution is -2.61. The van der Waals surface area contributed by atoms with Gasteiger partial charge >= 0.3 is 0 Å². The van der Waals surface area contributed by atoms with Crippen LogP contribution in [0.25, 0.3) is 10.9 Å². The molecule has 0 radical (unpaired) electrons. The number of aromatic nitrogens is 1. The van der Waals surface area contributed by atoms with Crippen LogP contribution in [-0.4, -0.2) is 83.4 Å². The van der Waals surface area contributed by atoms with Crippen LogP contribution in [0.2, 0.25) is 0 Å². The lowest BCUT2D eigenvalue weighted by molar-refractivity contribution is -0.159. The van der Waals surface area contributed by atoms with Crippen molar-refractivity contribution in [1.82, 2.24) is 25.2 Å². The molecule has 0 saturated carbocycles. The molecule has 1 aliphatic rings. The standard InChI is InChI=1S/C31H42N6O3/c1-30(2,32)28(39)34-26(18-23-20-33-25-15-10-9-14-24(23)25)27(38)37-17-11-16-31(21-37,29(40)36(5)35(3)4)19-22-12-7-6-8-13-22/h6-10,12-15,20,26,33H,11,16-19,21,32H2,1-5H3,(H,34,39)/t26-,31-/m1/s1. The summed E-state index contributed by atoms with van der Waals surface area (Å²) in [7, 11) is 5.43. The van der Waals surface area contributed by atoms with Crippen molar-refractivity contribution in [3.05, 3.63) is 71.9 Å². The predicted molar refractivity (Wildman–Crippen MR) is 157 cm³/mol. The van der Waals surface area contributed by atoms with Gasteiger partial charge in [-0.25, -0.2) is 5.01 Å². The minimum absolute atomic E-state index is 0.0286. The molecule has 2 heterocycles. The summed E-state index contributed by atoms with van der Waals surface area (Å²) in [5.74, 6) is -0.638. The summed E-state index contributed by atoms with van der Waals surface area (Å²) in [5, 5.41) is 7.32. The molecule has 2 aromatic carbocycles. The summed E-state index contributed by atoms with van der Waals surface area (Å²) < 4.78 is 0. The first-order chi connectivity index (χ1) is 18.9. The minimum atomic E-state index is -1.15. The smallest absolute Gasteiger partial charge is 0.245 e. The highest BCUT2D eigenvalue weighted by Gasteiger charge is 2.46. The molecule has 0 bridgehead atoms. The largest absolute Gasteiger partial charge is 0.361 e. The van der Waals surface area contributed by atoms with E-state index in [1.54, 1.807) is 35.8 Å². The quantitative estimate of drug-likeness (QED) is 0.357. The average Bonchev–Trinajstić information content (AvgIpc) is 3.34. The molecule has 1 saturated heterocycles. The fraction of sp³-hybridized carbons (Fsp3) is 0.452. The first kappa shape index (κ1) is 29.3. The molecule has 2 atom stereocenters. The van der Waals surface area contributed by atoms with Crippen LogP contribution >= 0.6 is 0 Å². The van der Waals surface area contributed by atoms with Gasteiger partial charge in [0, 0.05) is 57.8 Å². The van der Waals surface area contributed by atoms with Gasteiger partial charge in [-0.15, -0.1) is 0 Å². The zero-order valence-corrected chi connectivity index (χ0v) is 24.2. The summed E-state index contributed by atoms with van der Waals surface area (Å²) in [5.41, 5.74) is 7.10. The summed E-state index contributed by atoms with van der Waals surface area (Å²) in [6, 6.07) is 17.0. The topological polar surface area (TPSA) is 115 Å². The number of benzene rings is 2. The molecule has 1 aromatic heterocycles. The number of rotatable bonds is 9.